The standard InChI is InChI=1S/C15H16ClN3O2/c1-15(2,7-18-14-11(16)6-17-8-19-14)10-3-4-12-13(5-10)21-9-20-12/h3-6,8H,7,9H2,1-2H3,(H,17,18,19). The van der Waals surface area contributed by atoms with Crippen LogP contribution in [0.1, 0.15) is 19.4 Å². The van der Waals surface area contributed by atoms with Gasteiger partial charge in [0, 0.05) is 12.0 Å². The molecule has 1 aliphatic heterocycles. The minimum absolute atomic E-state index is 0.116. The predicted octanol–water partition coefficient (Wildman–Crippen LogP) is 3.25. The fourth-order valence-corrected chi connectivity index (χ4v) is 2.34. The normalized spacial score (nSPS) is 13.3. The van der Waals surface area contributed by atoms with Gasteiger partial charge in [-0.1, -0.05) is 31.5 Å². The van der Waals surface area contributed by atoms with E-state index in [2.05, 4.69) is 35.2 Å². The van der Waals surface area contributed by atoms with Gasteiger partial charge in [0.1, 0.15) is 17.2 Å². The molecule has 1 aromatic heterocycles. The van der Waals surface area contributed by atoms with Crippen LogP contribution in [-0.2, 0) is 5.41 Å². The highest BCUT2D eigenvalue weighted by Gasteiger charge is 2.24. The molecule has 21 heavy (non-hydrogen) atoms. The third-order valence-corrected chi connectivity index (χ3v) is 3.80. The molecule has 1 N–H and O–H groups in total. The molecule has 0 radical (unpaired) electrons. The lowest BCUT2D eigenvalue weighted by molar-refractivity contribution is 0.174. The summed E-state index contributed by atoms with van der Waals surface area (Å²) in [6, 6.07) is 6.01. The van der Waals surface area contributed by atoms with E-state index in [-0.39, 0.29) is 12.2 Å². The maximum absolute atomic E-state index is 6.05. The molecular weight excluding hydrogens is 290 g/mol. The number of anilines is 1. The average Bonchev–Trinajstić information content (AvgIpc) is 2.94. The molecule has 2 aromatic rings. The second-order valence-corrected chi connectivity index (χ2v) is 5.93. The van der Waals surface area contributed by atoms with Gasteiger partial charge in [0.25, 0.3) is 0 Å². The number of rotatable bonds is 4. The minimum Gasteiger partial charge on any atom is -0.454 e. The Morgan fingerprint density at radius 1 is 1.29 bits per heavy atom. The van der Waals surface area contributed by atoms with Gasteiger partial charge in [-0.05, 0) is 17.7 Å². The van der Waals surface area contributed by atoms with Crippen molar-refractivity contribution in [3.8, 4) is 11.5 Å². The Hall–Kier alpha value is -2.01. The Bertz CT molecular complexity index is 661. The minimum atomic E-state index is -0.116. The molecule has 0 amide bonds. The lowest BCUT2D eigenvalue weighted by Crippen LogP contribution is -2.28. The molecule has 110 valence electrons. The van der Waals surface area contributed by atoms with Crippen LogP contribution in [0.4, 0.5) is 5.82 Å². The quantitative estimate of drug-likeness (QED) is 0.939. The number of fused-ring (bicyclic) bond motifs is 1. The molecule has 0 fully saturated rings. The van der Waals surface area contributed by atoms with Crippen LogP contribution in [0.5, 0.6) is 11.5 Å². The van der Waals surface area contributed by atoms with E-state index in [1.807, 2.05) is 12.1 Å². The molecule has 0 atom stereocenters. The summed E-state index contributed by atoms with van der Waals surface area (Å²) >= 11 is 6.05. The number of hydrogen-bond donors (Lipinski definition) is 1. The number of nitrogens with zero attached hydrogens (tertiary/aromatic N) is 2. The van der Waals surface area contributed by atoms with Crippen LogP contribution in [0.3, 0.4) is 0 Å². The molecule has 0 saturated heterocycles. The van der Waals surface area contributed by atoms with Gasteiger partial charge in [-0.3, -0.25) is 0 Å². The topological polar surface area (TPSA) is 56.3 Å². The van der Waals surface area contributed by atoms with E-state index < -0.39 is 0 Å². The van der Waals surface area contributed by atoms with Crippen molar-refractivity contribution in [2.45, 2.75) is 19.3 Å². The summed E-state index contributed by atoms with van der Waals surface area (Å²) in [6.45, 7) is 5.26. The number of nitrogens with one attached hydrogen (secondary N) is 1. The molecule has 0 unspecified atom stereocenters. The third kappa shape index (κ3) is 2.88. The van der Waals surface area contributed by atoms with Crippen LogP contribution < -0.4 is 14.8 Å². The molecule has 0 spiro atoms. The van der Waals surface area contributed by atoms with Crippen molar-refractivity contribution >= 4 is 17.4 Å². The number of halogens is 1. The molecule has 0 bridgehead atoms. The largest absolute Gasteiger partial charge is 0.454 e. The summed E-state index contributed by atoms with van der Waals surface area (Å²) in [5, 5.41) is 3.78. The number of ether oxygens (including phenoxy) is 2. The summed E-state index contributed by atoms with van der Waals surface area (Å²) < 4.78 is 10.8. The van der Waals surface area contributed by atoms with Gasteiger partial charge in [-0.15, -0.1) is 0 Å². The molecule has 5 nitrogen and oxygen atoms in total. The van der Waals surface area contributed by atoms with Crippen LogP contribution in [0.15, 0.2) is 30.7 Å². The summed E-state index contributed by atoms with van der Waals surface area (Å²) in [7, 11) is 0. The predicted molar refractivity (Wildman–Crippen MR) is 81.1 cm³/mol. The van der Waals surface area contributed by atoms with E-state index >= 15 is 0 Å². The van der Waals surface area contributed by atoms with Gasteiger partial charge in [-0.2, -0.15) is 0 Å². The Kier molecular flexibility index (Phi) is 3.59. The first-order valence-corrected chi connectivity index (χ1v) is 7.03. The molecule has 3 rings (SSSR count). The van der Waals surface area contributed by atoms with Gasteiger partial charge < -0.3 is 14.8 Å². The van der Waals surface area contributed by atoms with E-state index in [1.165, 1.54) is 6.33 Å². The Morgan fingerprint density at radius 3 is 2.90 bits per heavy atom. The smallest absolute Gasteiger partial charge is 0.231 e. The van der Waals surface area contributed by atoms with Crippen LogP contribution in [-0.4, -0.2) is 23.3 Å². The number of hydrogen-bond acceptors (Lipinski definition) is 5. The molecule has 1 aromatic carbocycles. The Morgan fingerprint density at radius 2 is 2.10 bits per heavy atom. The Labute approximate surface area is 128 Å². The summed E-state index contributed by atoms with van der Waals surface area (Å²) in [6.07, 6.45) is 3.05. The van der Waals surface area contributed by atoms with Crippen molar-refractivity contribution in [3.05, 3.63) is 41.3 Å². The molecular formula is C15H16ClN3O2. The summed E-state index contributed by atoms with van der Waals surface area (Å²) in [4.78, 5) is 8.01. The van der Waals surface area contributed by atoms with Crippen LogP contribution >= 0.6 is 11.6 Å². The zero-order valence-electron chi connectivity index (χ0n) is 11.9. The third-order valence-electron chi connectivity index (χ3n) is 3.52. The highest BCUT2D eigenvalue weighted by molar-refractivity contribution is 6.32. The van der Waals surface area contributed by atoms with Gasteiger partial charge in [-0.25, -0.2) is 9.97 Å². The fourth-order valence-electron chi connectivity index (χ4n) is 2.17. The van der Waals surface area contributed by atoms with Crippen molar-refractivity contribution in [1.82, 2.24) is 9.97 Å². The van der Waals surface area contributed by atoms with Gasteiger partial charge in [0.2, 0.25) is 6.79 Å². The SMILES string of the molecule is CC(C)(CNc1ncncc1Cl)c1ccc2c(c1)OCO2. The van der Waals surface area contributed by atoms with Crippen molar-refractivity contribution < 1.29 is 9.47 Å². The molecule has 0 aliphatic carbocycles. The average molecular weight is 306 g/mol. The summed E-state index contributed by atoms with van der Waals surface area (Å²) in [5.41, 5.74) is 1.04. The zero-order valence-corrected chi connectivity index (χ0v) is 12.6. The van der Waals surface area contributed by atoms with Crippen molar-refractivity contribution in [1.29, 1.82) is 0 Å². The van der Waals surface area contributed by atoms with E-state index in [9.17, 15) is 0 Å². The van der Waals surface area contributed by atoms with Gasteiger partial charge in [0.15, 0.2) is 11.5 Å². The van der Waals surface area contributed by atoms with Crippen molar-refractivity contribution in [2.24, 2.45) is 0 Å². The maximum atomic E-state index is 6.05. The van der Waals surface area contributed by atoms with E-state index in [1.54, 1.807) is 6.20 Å². The van der Waals surface area contributed by atoms with Crippen molar-refractivity contribution in [3.63, 3.8) is 0 Å². The second-order valence-electron chi connectivity index (χ2n) is 5.52. The monoisotopic (exact) mass is 305 g/mol. The molecule has 0 saturated carbocycles. The lowest BCUT2D eigenvalue weighted by atomic mass is 9.84. The highest BCUT2D eigenvalue weighted by atomic mass is 35.5. The van der Waals surface area contributed by atoms with Gasteiger partial charge >= 0.3 is 0 Å². The number of benzene rings is 1. The van der Waals surface area contributed by atoms with Gasteiger partial charge in [0.05, 0.1) is 6.20 Å². The van der Waals surface area contributed by atoms with E-state index in [4.69, 9.17) is 21.1 Å². The van der Waals surface area contributed by atoms with Crippen molar-refractivity contribution in [2.75, 3.05) is 18.7 Å². The first kappa shape index (κ1) is 13.9. The van der Waals surface area contributed by atoms with Crippen LogP contribution in [0.2, 0.25) is 5.02 Å². The fraction of sp³-hybridized carbons (Fsp3) is 0.333. The first-order valence-electron chi connectivity index (χ1n) is 6.66. The zero-order chi connectivity index (χ0) is 14.9. The maximum Gasteiger partial charge on any atom is 0.231 e. The lowest BCUT2D eigenvalue weighted by Gasteiger charge is -2.26. The van der Waals surface area contributed by atoms with E-state index in [0.29, 0.717) is 17.4 Å². The molecule has 6 heteroatoms. The molecule has 1 aliphatic rings. The van der Waals surface area contributed by atoms with Crippen LogP contribution in [0, 0.1) is 0 Å². The van der Waals surface area contributed by atoms with Crippen LogP contribution in [0.25, 0.3) is 0 Å². The molecule has 2 heterocycles. The summed E-state index contributed by atoms with van der Waals surface area (Å²) in [5.74, 6) is 2.22. The number of aromatic nitrogens is 2. The first-order chi connectivity index (χ1) is 10.1. The van der Waals surface area contributed by atoms with E-state index in [0.717, 1.165) is 17.1 Å². The highest BCUT2D eigenvalue weighted by Crippen LogP contribution is 2.36. The Balaban J connectivity index is 1.76. The second kappa shape index (κ2) is 5.41.